The van der Waals surface area contributed by atoms with Crippen LogP contribution in [0.5, 0.6) is 0 Å². The first-order valence-electron chi connectivity index (χ1n) is 20.8. The highest BCUT2D eigenvalue weighted by molar-refractivity contribution is 5.90. The molecule has 0 radical (unpaired) electrons. The van der Waals surface area contributed by atoms with Crippen LogP contribution in [0.1, 0.15) is 207 Å². The minimum atomic E-state index is -1.36. The molecule has 0 spiro atoms. The van der Waals surface area contributed by atoms with E-state index in [2.05, 4.69) is 27.7 Å². The van der Waals surface area contributed by atoms with Crippen LogP contribution in [0.15, 0.2) is 11.5 Å². The zero-order valence-electron chi connectivity index (χ0n) is 32.7. The van der Waals surface area contributed by atoms with Gasteiger partial charge in [0.2, 0.25) is 17.6 Å². The number of carbonyl (C=O) groups is 3. The van der Waals surface area contributed by atoms with Gasteiger partial charge >= 0.3 is 17.9 Å². The minimum absolute atomic E-state index is 0.136. The largest absolute Gasteiger partial charge is 0.499 e. The quantitative estimate of drug-likeness (QED) is 0.0385. The normalized spacial score (nSPS) is 15.3. The molecule has 0 saturated heterocycles. The van der Waals surface area contributed by atoms with Crippen LogP contribution in [-0.2, 0) is 28.6 Å². The summed E-state index contributed by atoms with van der Waals surface area (Å²) < 4.78 is 15.8. The predicted molar refractivity (Wildman–Crippen MR) is 202 cm³/mol. The molecule has 0 aromatic heterocycles. The number of ether oxygens (including phenoxy) is 3. The monoisotopic (exact) mass is 709 g/mol. The van der Waals surface area contributed by atoms with Gasteiger partial charge in [0.15, 0.2) is 6.10 Å². The SMILES string of the molecule is CC(C)CCCCCCCCCCCCCCC(=O)OC1=C(O)C(=O)O[C@@H]1[C@H](CO)OC(=O)CCCCCCCCCCCCCCC(C)C. The van der Waals surface area contributed by atoms with Crippen molar-refractivity contribution in [3.8, 4) is 0 Å². The Bertz CT molecular complexity index is 911. The third-order valence-corrected chi connectivity index (χ3v) is 9.77. The summed E-state index contributed by atoms with van der Waals surface area (Å²) in [7, 11) is 0. The molecule has 0 amide bonds. The fraction of sp³-hybridized carbons (Fsp3) is 0.881. The highest BCUT2D eigenvalue weighted by Gasteiger charge is 2.44. The second kappa shape index (κ2) is 30.5. The Morgan fingerprint density at radius 3 is 1.28 bits per heavy atom. The maximum absolute atomic E-state index is 12.5. The number of hydrogen-bond acceptors (Lipinski definition) is 8. The Kier molecular flexibility index (Phi) is 28.0. The Morgan fingerprint density at radius 1 is 0.580 bits per heavy atom. The number of rotatable bonds is 34. The first kappa shape index (κ1) is 45.9. The van der Waals surface area contributed by atoms with E-state index < -0.39 is 48.2 Å². The number of esters is 3. The molecule has 2 N–H and O–H groups in total. The lowest BCUT2D eigenvalue weighted by atomic mass is 10.0. The molecule has 8 heteroatoms. The van der Waals surface area contributed by atoms with Gasteiger partial charge in [-0.15, -0.1) is 0 Å². The summed E-state index contributed by atoms with van der Waals surface area (Å²) in [4.78, 5) is 37.1. The first-order valence-corrected chi connectivity index (χ1v) is 20.8. The van der Waals surface area contributed by atoms with Crippen LogP contribution >= 0.6 is 0 Å². The Balaban J connectivity index is 2.16. The number of cyclic esters (lactones) is 1. The lowest BCUT2D eigenvalue weighted by Crippen LogP contribution is -2.37. The van der Waals surface area contributed by atoms with E-state index in [4.69, 9.17) is 14.2 Å². The third kappa shape index (κ3) is 24.2. The lowest BCUT2D eigenvalue weighted by molar-refractivity contribution is -0.166. The smallest absolute Gasteiger partial charge is 0.378 e. The van der Waals surface area contributed by atoms with Crippen molar-refractivity contribution in [2.75, 3.05) is 6.61 Å². The molecule has 0 fully saturated rings. The molecule has 0 aromatic carbocycles. The second-order valence-corrected chi connectivity index (χ2v) is 15.6. The number of aliphatic hydroxyl groups excluding tert-OH is 2. The standard InChI is InChI=1S/C42H76O8/c1-34(2)29-25-21-17-13-9-5-7-11-15-19-23-27-31-37(44)48-36(33-43)40-41(39(46)42(47)50-40)49-38(45)32-28-24-20-16-12-8-6-10-14-18-22-26-30-35(3)4/h34-36,40,43,46H,5-33H2,1-4H3/t36-,40+/m0/s1. The number of aliphatic hydroxyl groups is 2. The van der Waals surface area contributed by atoms with Gasteiger partial charge in [-0.25, -0.2) is 4.79 Å². The minimum Gasteiger partial charge on any atom is -0.499 e. The van der Waals surface area contributed by atoms with Gasteiger partial charge < -0.3 is 24.4 Å². The molecule has 292 valence electrons. The van der Waals surface area contributed by atoms with Crippen LogP contribution in [0, 0.1) is 11.8 Å². The van der Waals surface area contributed by atoms with Crippen molar-refractivity contribution >= 4 is 17.9 Å². The van der Waals surface area contributed by atoms with Gasteiger partial charge in [0.25, 0.3) is 0 Å². The zero-order chi connectivity index (χ0) is 36.8. The lowest BCUT2D eigenvalue weighted by Gasteiger charge is -2.22. The Labute approximate surface area is 305 Å². The molecule has 0 unspecified atom stereocenters. The van der Waals surface area contributed by atoms with Gasteiger partial charge in [-0.1, -0.05) is 182 Å². The number of hydrogen-bond donors (Lipinski definition) is 2. The molecule has 8 nitrogen and oxygen atoms in total. The highest BCUT2D eigenvalue weighted by Crippen LogP contribution is 2.27. The zero-order valence-corrected chi connectivity index (χ0v) is 32.7. The van der Waals surface area contributed by atoms with Crippen LogP contribution in [0.2, 0.25) is 0 Å². The van der Waals surface area contributed by atoms with E-state index in [1.807, 2.05) is 0 Å². The molecule has 1 rings (SSSR count). The van der Waals surface area contributed by atoms with Gasteiger partial charge in [0, 0.05) is 12.8 Å². The molecular formula is C42H76O8. The van der Waals surface area contributed by atoms with Crippen LogP contribution in [0.4, 0.5) is 0 Å². The number of unbranched alkanes of at least 4 members (excludes halogenated alkanes) is 22. The van der Waals surface area contributed by atoms with E-state index in [1.165, 1.54) is 116 Å². The first-order chi connectivity index (χ1) is 24.1. The average Bonchev–Trinajstić information content (AvgIpc) is 3.35. The molecule has 1 heterocycles. The summed E-state index contributed by atoms with van der Waals surface area (Å²) in [5.41, 5.74) is 0. The van der Waals surface area contributed by atoms with E-state index in [9.17, 15) is 24.6 Å². The molecule has 0 bridgehead atoms. The van der Waals surface area contributed by atoms with Crippen molar-refractivity contribution < 1.29 is 38.8 Å². The van der Waals surface area contributed by atoms with Crippen molar-refractivity contribution in [2.45, 2.75) is 220 Å². The van der Waals surface area contributed by atoms with Crippen molar-refractivity contribution in [2.24, 2.45) is 11.8 Å². The fourth-order valence-electron chi connectivity index (χ4n) is 6.59. The summed E-state index contributed by atoms with van der Waals surface area (Å²) in [6.45, 7) is 8.51. The van der Waals surface area contributed by atoms with Crippen molar-refractivity contribution in [3.05, 3.63) is 11.5 Å². The van der Waals surface area contributed by atoms with Gasteiger partial charge in [-0.3, -0.25) is 9.59 Å². The molecule has 50 heavy (non-hydrogen) atoms. The van der Waals surface area contributed by atoms with Gasteiger partial charge in [0.05, 0.1) is 6.61 Å². The molecule has 2 atom stereocenters. The Hall–Kier alpha value is -2.09. The topological polar surface area (TPSA) is 119 Å². The van der Waals surface area contributed by atoms with Crippen molar-refractivity contribution in [3.63, 3.8) is 0 Å². The van der Waals surface area contributed by atoms with Crippen LogP contribution in [-0.4, -0.2) is 46.9 Å². The predicted octanol–water partition coefficient (Wildman–Crippen LogP) is 11.4. The third-order valence-electron chi connectivity index (χ3n) is 9.77. The molecule has 1 aliphatic heterocycles. The van der Waals surface area contributed by atoms with Gasteiger partial charge in [-0.05, 0) is 24.7 Å². The maximum Gasteiger partial charge on any atom is 0.378 e. The van der Waals surface area contributed by atoms with Crippen molar-refractivity contribution in [1.82, 2.24) is 0 Å². The molecule has 0 aliphatic carbocycles. The van der Waals surface area contributed by atoms with Crippen LogP contribution < -0.4 is 0 Å². The molecule has 0 aromatic rings. The molecule has 1 aliphatic rings. The molecular weight excluding hydrogens is 632 g/mol. The van der Waals surface area contributed by atoms with Gasteiger partial charge in [-0.2, -0.15) is 0 Å². The summed E-state index contributed by atoms with van der Waals surface area (Å²) in [5.74, 6) is -1.78. The van der Waals surface area contributed by atoms with E-state index in [0.717, 1.165) is 50.4 Å². The van der Waals surface area contributed by atoms with Crippen LogP contribution in [0.3, 0.4) is 0 Å². The van der Waals surface area contributed by atoms with E-state index in [-0.39, 0.29) is 12.8 Å². The maximum atomic E-state index is 12.5. The van der Waals surface area contributed by atoms with Crippen molar-refractivity contribution in [1.29, 1.82) is 0 Å². The Morgan fingerprint density at radius 2 is 0.920 bits per heavy atom. The number of carbonyl (C=O) groups excluding carboxylic acids is 3. The van der Waals surface area contributed by atoms with E-state index >= 15 is 0 Å². The second-order valence-electron chi connectivity index (χ2n) is 15.6. The van der Waals surface area contributed by atoms with Crippen LogP contribution in [0.25, 0.3) is 0 Å². The summed E-state index contributed by atoms with van der Waals surface area (Å²) in [6.07, 6.45) is 28.9. The highest BCUT2D eigenvalue weighted by atomic mass is 16.6. The van der Waals surface area contributed by atoms with Gasteiger partial charge in [0.1, 0.15) is 0 Å². The average molecular weight is 709 g/mol. The molecule has 0 saturated carbocycles. The van der Waals surface area contributed by atoms with E-state index in [0.29, 0.717) is 12.8 Å². The summed E-state index contributed by atoms with van der Waals surface area (Å²) >= 11 is 0. The summed E-state index contributed by atoms with van der Waals surface area (Å²) in [5, 5.41) is 20.1. The van der Waals surface area contributed by atoms with E-state index in [1.54, 1.807) is 0 Å². The fourth-order valence-corrected chi connectivity index (χ4v) is 6.59. The summed E-state index contributed by atoms with van der Waals surface area (Å²) in [6, 6.07) is 0.